The van der Waals surface area contributed by atoms with E-state index in [4.69, 9.17) is 19.3 Å². The van der Waals surface area contributed by atoms with E-state index in [1.807, 2.05) is 0 Å². The molecule has 0 radical (unpaired) electrons. The van der Waals surface area contributed by atoms with Crippen LogP contribution in [0.4, 0.5) is 14.6 Å². The molecule has 29 heavy (non-hydrogen) atoms. The number of anilines is 1. The number of fused-ring (bicyclic) bond motifs is 1. The van der Waals surface area contributed by atoms with Gasteiger partial charge >= 0.3 is 7.60 Å². The van der Waals surface area contributed by atoms with Crippen molar-refractivity contribution in [2.45, 2.75) is 37.1 Å². The molecule has 0 saturated carbocycles. The lowest BCUT2D eigenvalue weighted by atomic mass is 10.1. The fourth-order valence-corrected chi connectivity index (χ4v) is 3.88. The van der Waals surface area contributed by atoms with Crippen LogP contribution in [0.5, 0.6) is 0 Å². The van der Waals surface area contributed by atoms with Crippen LogP contribution < -0.4 is 4.90 Å². The number of imidazole rings is 1. The molecule has 0 aromatic carbocycles. The maximum Gasteiger partial charge on any atom is 0.350 e. The van der Waals surface area contributed by atoms with Crippen molar-refractivity contribution in [3.63, 3.8) is 0 Å². The third kappa shape index (κ3) is 4.39. The molecule has 2 fully saturated rings. The summed E-state index contributed by atoms with van der Waals surface area (Å²) in [5, 5.41) is 14.3. The van der Waals surface area contributed by atoms with Gasteiger partial charge in [-0.2, -0.15) is 5.10 Å². The highest BCUT2D eigenvalue weighted by molar-refractivity contribution is 7.51. The normalized spacial score (nSPS) is 27.2. The van der Waals surface area contributed by atoms with Gasteiger partial charge < -0.3 is 29.3 Å². The highest BCUT2D eigenvalue weighted by Crippen LogP contribution is 2.37. The lowest BCUT2D eigenvalue weighted by molar-refractivity contribution is -0.0401. The number of aliphatic hydroxyl groups is 1. The van der Waals surface area contributed by atoms with Crippen molar-refractivity contribution in [1.29, 1.82) is 0 Å². The zero-order valence-electron chi connectivity index (χ0n) is 15.1. The molecule has 14 heteroatoms. The van der Waals surface area contributed by atoms with Crippen LogP contribution in [0.3, 0.4) is 0 Å². The number of hydrogen-bond acceptors (Lipinski definition) is 8. The van der Waals surface area contributed by atoms with Gasteiger partial charge in [-0.05, 0) is 0 Å². The van der Waals surface area contributed by atoms with Crippen molar-refractivity contribution < 1.29 is 37.7 Å². The Morgan fingerprint density at radius 2 is 2.17 bits per heavy atom. The minimum absolute atomic E-state index is 0.152. The molecule has 11 nitrogen and oxygen atoms in total. The van der Waals surface area contributed by atoms with E-state index >= 15 is 0 Å². The van der Waals surface area contributed by atoms with Gasteiger partial charge in [-0.1, -0.05) is 0 Å². The van der Waals surface area contributed by atoms with Crippen LogP contribution in [0, 0.1) is 0 Å². The van der Waals surface area contributed by atoms with Gasteiger partial charge in [-0.15, -0.1) is 0 Å². The Hall–Kier alpha value is -1.76. The standard InChI is InChI=1S/C15H20F2N5O6P/c16-15(17)1-2-21(6-15)13-14-18-4-9(22(14)20-7-19-13)11-3-10(23)12(28-11)5-27-8-29(24,25)26/h4,7,10-12,23H,1-3,5-6,8H2,(H2,24,25,26)/t10-,11+,12+/m0/s1. The summed E-state index contributed by atoms with van der Waals surface area (Å²) in [7, 11) is -4.31. The lowest BCUT2D eigenvalue weighted by Gasteiger charge is -2.17. The maximum atomic E-state index is 13.6. The second-order valence-corrected chi connectivity index (χ2v) is 8.75. The molecule has 160 valence electrons. The van der Waals surface area contributed by atoms with Crippen molar-refractivity contribution in [3.8, 4) is 0 Å². The molecule has 0 aliphatic carbocycles. The Kier molecular flexibility index (Phi) is 5.30. The minimum Gasteiger partial charge on any atom is -0.390 e. The SMILES string of the molecule is O=P(O)(O)COC[C@H]1O[C@@H](c2cnc3c(N4CCC(F)(F)C4)ncnn23)C[C@@H]1O. The Labute approximate surface area is 163 Å². The highest BCUT2D eigenvalue weighted by atomic mass is 31.2. The van der Waals surface area contributed by atoms with Crippen LogP contribution in [-0.2, 0) is 14.0 Å². The largest absolute Gasteiger partial charge is 0.390 e. The van der Waals surface area contributed by atoms with Gasteiger partial charge in [-0.25, -0.2) is 23.3 Å². The van der Waals surface area contributed by atoms with Gasteiger partial charge in [0.1, 0.15) is 24.9 Å². The summed E-state index contributed by atoms with van der Waals surface area (Å²) in [5.74, 6) is -2.49. The van der Waals surface area contributed by atoms with Gasteiger partial charge in [0.2, 0.25) is 0 Å². The molecule has 0 spiro atoms. The van der Waals surface area contributed by atoms with Crippen LogP contribution in [0.2, 0.25) is 0 Å². The predicted molar refractivity (Wildman–Crippen MR) is 93.7 cm³/mol. The molecule has 2 saturated heterocycles. The summed E-state index contributed by atoms with van der Waals surface area (Å²) in [6.07, 6.45) is -0.405. The first kappa shape index (κ1) is 20.5. The summed E-state index contributed by atoms with van der Waals surface area (Å²) >= 11 is 0. The van der Waals surface area contributed by atoms with Gasteiger partial charge in [0.15, 0.2) is 11.5 Å². The fraction of sp³-hybridized carbons (Fsp3) is 0.667. The smallest absolute Gasteiger partial charge is 0.350 e. The molecule has 2 aliphatic rings. The van der Waals surface area contributed by atoms with Crippen molar-refractivity contribution in [1.82, 2.24) is 19.6 Å². The number of ether oxygens (including phenoxy) is 2. The summed E-state index contributed by atoms with van der Waals surface area (Å²) < 4.78 is 50.1. The van der Waals surface area contributed by atoms with Gasteiger partial charge in [0.05, 0.1) is 31.1 Å². The molecule has 3 N–H and O–H groups in total. The second kappa shape index (κ2) is 7.49. The number of hydrogen-bond donors (Lipinski definition) is 3. The molecule has 2 aromatic rings. The first-order valence-corrected chi connectivity index (χ1v) is 10.7. The quantitative estimate of drug-likeness (QED) is 0.543. The molecule has 2 aliphatic heterocycles. The number of rotatable bonds is 6. The average Bonchev–Trinajstić information content (AvgIpc) is 3.30. The zero-order valence-corrected chi connectivity index (χ0v) is 16.0. The lowest BCUT2D eigenvalue weighted by Crippen LogP contribution is -2.26. The van der Waals surface area contributed by atoms with Crippen LogP contribution >= 0.6 is 7.60 Å². The maximum absolute atomic E-state index is 13.6. The molecule has 0 amide bonds. The van der Waals surface area contributed by atoms with Crippen LogP contribution in [-0.4, -0.2) is 78.7 Å². The van der Waals surface area contributed by atoms with Crippen LogP contribution in [0.25, 0.3) is 5.65 Å². The highest BCUT2D eigenvalue weighted by Gasteiger charge is 2.40. The molecule has 4 rings (SSSR count). The summed E-state index contributed by atoms with van der Waals surface area (Å²) in [4.78, 5) is 27.5. The van der Waals surface area contributed by atoms with E-state index in [0.717, 1.165) is 0 Å². The molecule has 0 bridgehead atoms. The molecule has 4 heterocycles. The number of halogens is 2. The van der Waals surface area contributed by atoms with Gasteiger partial charge in [-0.3, -0.25) is 4.57 Å². The van der Waals surface area contributed by atoms with Crippen LogP contribution in [0.1, 0.15) is 24.6 Å². The average molecular weight is 435 g/mol. The first-order valence-electron chi connectivity index (χ1n) is 8.90. The molecular weight excluding hydrogens is 415 g/mol. The molecular formula is C15H20F2N5O6P. The van der Waals surface area contributed by atoms with E-state index in [0.29, 0.717) is 17.2 Å². The third-order valence-corrected chi connectivity index (χ3v) is 5.39. The van der Waals surface area contributed by atoms with Crippen molar-refractivity contribution in [2.75, 3.05) is 30.9 Å². The third-order valence-electron chi connectivity index (χ3n) is 4.88. The number of alkyl halides is 2. The van der Waals surface area contributed by atoms with E-state index in [9.17, 15) is 18.5 Å². The second-order valence-electron chi connectivity index (χ2n) is 7.16. The van der Waals surface area contributed by atoms with Gasteiger partial charge in [0, 0.05) is 19.4 Å². The van der Waals surface area contributed by atoms with Crippen molar-refractivity contribution >= 4 is 19.1 Å². The topological polar surface area (TPSA) is 143 Å². The zero-order chi connectivity index (χ0) is 20.8. The van der Waals surface area contributed by atoms with Gasteiger partial charge in [0.25, 0.3) is 5.92 Å². The first-order chi connectivity index (χ1) is 13.6. The monoisotopic (exact) mass is 435 g/mol. The molecule has 0 unspecified atom stereocenters. The number of aromatic nitrogens is 4. The van der Waals surface area contributed by atoms with E-state index < -0.39 is 44.7 Å². The van der Waals surface area contributed by atoms with E-state index in [1.54, 1.807) is 0 Å². The van der Waals surface area contributed by atoms with E-state index in [1.165, 1.54) is 21.9 Å². The van der Waals surface area contributed by atoms with Crippen LogP contribution in [0.15, 0.2) is 12.5 Å². The fourth-order valence-electron chi connectivity index (χ4n) is 3.54. The Morgan fingerprint density at radius 1 is 1.38 bits per heavy atom. The molecule has 2 aromatic heterocycles. The summed E-state index contributed by atoms with van der Waals surface area (Å²) in [5.41, 5.74) is 0.811. The Balaban J connectivity index is 1.50. The number of nitrogens with zero attached hydrogens (tertiary/aromatic N) is 5. The summed E-state index contributed by atoms with van der Waals surface area (Å²) in [6.45, 7) is -0.485. The minimum atomic E-state index is -4.31. The Morgan fingerprint density at radius 3 is 2.86 bits per heavy atom. The summed E-state index contributed by atoms with van der Waals surface area (Å²) in [6, 6.07) is 0. The predicted octanol–water partition coefficient (Wildman–Crippen LogP) is 0.312. The van der Waals surface area contributed by atoms with Crippen molar-refractivity contribution in [3.05, 3.63) is 18.2 Å². The molecule has 3 atom stereocenters. The van der Waals surface area contributed by atoms with Crippen molar-refractivity contribution in [2.24, 2.45) is 0 Å². The van der Waals surface area contributed by atoms with E-state index in [-0.39, 0.29) is 26.0 Å². The van der Waals surface area contributed by atoms with E-state index in [2.05, 4.69) is 15.1 Å². The number of aliphatic hydroxyl groups excluding tert-OH is 1. The Bertz CT molecular complexity index is 939.